The van der Waals surface area contributed by atoms with Crippen molar-refractivity contribution >= 4 is 17.7 Å². The number of nitrogens with one attached hydrogen (secondary N) is 2. The van der Waals surface area contributed by atoms with E-state index in [1.54, 1.807) is 20.8 Å². The summed E-state index contributed by atoms with van der Waals surface area (Å²) in [4.78, 5) is 23.5. The monoisotopic (exact) mass is 349 g/mol. The van der Waals surface area contributed by atoms with Gasteiger partial charge in [-0.2, -0.15) is 0 Å². The van der Waals surface area contributed by atoms with Gasteiger partial charge in [-0.05, 0) is 44.9 Å². The minimum Gasteiger partial charge on any atom is -0.444 e. The van der Waals surface area contributed by atoms with Crippen LogP contribution in [0.4, 0.5) is 10.5 Å². The summed E-state index contributed by atoms with van der Waals surface area (Å²) in [7, 11) is 0. The molecule has 1 aromatic rings. The molecule has 6 nitrogen and oxygen atoms in total. The van der Waals surface area contributed by atoms with Crippen molar-refractivity contribution in [3.05, 3.63) is 29.8 Å². The van der Waals surface area contributed by atoms with Gasteiger partial charge in [0.05, 0.1) is 0 Å². The number of anilines is 1. The smallest absolute Gasteiger partial charge is 0.407 e. The second-order valence-corrected chi connectivity index (χ2v) is 7.14. The lowest BCUT2D eigenvalue weighted by molar-refractivity contribution is -0.121. The Hall–Kier alpha value is -2.24. The zero-order chi connectivity index (χ0) is 18.9. The molecule has 0 aliphatic carbocycles. The highest BCUT2D eigenvalue weighted by atomic mass is 16.6. The summed E-state index contributed by atoms with van der Waals surface area (Å²) in [6.07, 6.45) is 1.73. The number of carbonyl (C=O) groups is 2. The standard InChI is InChI=1S/C19H31N3O3/c1-5-6-15(14-7-9-16(20)10-8-14)13-22-17(23)11-12-21-18(24)25-19(2,3)4/h7-10,15H,5-6,11-13,20H2,1-4H3,(H,21,24)(H,22,23). The third-order valence-electron chi connectivity index (χ3n) is 3.61. The molecule has 2 amide bonds. The molecular weight excluding hydrogens is 318 g/mol. The molecule has 1 rings (SSSR count). The van der Waals surface area contributed by atoms with E-state index < -0.39 is 11.7 Å². The van der Waals surface area contributed by atoms with Crippen LogP contribution in [0.5, 0.6) is 0 Å². The van der Waals surface area contributed by atoms with E-state index in [0.717, 1.165) is 18.5 Å². The molecule has 0 fully saturated rings. The lowest BCUT2D eigenvalue weighted by Gasteiger charge is -2.20. The lowest BCUT2D eigenvalue weighted by atomic mass is 9.94. The molecule has 1 atom stereocenters. The van der Waals surface area contributed by atoms with Crippen LogP contribution in [0.3, 0.4) is 0 Å². The van der Waals surface area contributed by atoms with E-state index >= 15 is 0 Å². The maximum absolute atomic E-state index is 12.0. The van der Waals surface area contributed by atoms with Crippen LogP contribution in [0.15, 0.2) is 24.3 Å². The number of nitrogen functional groups attached to an aromatic ring is 1. The largest absolute Gasteiger partial charge is 0.444 e. The van der Waals surface area contributed by atoms with E-state index in [1.807, 2.05) is 24.3 Å². The SMILES string of the molecule is CCCC(CNC(=O)CCNC(=O)OC(C)(C)C)c1ccc(N)cc1. The average molecular weight is 349 g/mol. The first-order valence-electron chi connectivity index (χ1n) is 8.80. The lowest BCUT2D eigenvalue weighted by Crippen LogP contribution is -2.36. The van der Waals surface area contributed by atoms with E-state index in [4.69, 9.17) is 10.5 Å². The Morgan fingerprint density at radius 3 is 2.36 bits per heavy atom. The Kier molecular flexibility index (Phi) is 8.25. The third kappa shape index (κ3) is 8.98. The van der Waals surface area contributed by atoms with Crippen LogP contribution >= 0.6 is 0 Å². The fourth-order valence-electron chi connectivity index (χ4n) is 2.42. The molecule has 0 heterocycles. The molecule has 0 aliphatic rings. The number of benzene rings is 1. The number of amides is 2. The minimum absolute atomic E-state index is 0.0902. The van der Waals surface area contributed by atoms with Gasteiger partial charge in [0.2, 0.25) is 5.91 Å². The Labute approximate surface area is 150 Å². The van der Waals surface area contributed by atoms with Gasteiger partial charge in [0.1, 0.15) is 5.60 Å². The maximum Gasteiger partial charge on any atom is 0.407 e. The van der Waals surface area contributed by atoms with Crippen LogP contribution in [0.25, 0.3) is 0 Å². The molecule has 0 aromatic heterocycles. The average Bonchev–Trinajstić information content (AvgIpc) is 2.50. The van der Waals surface area contributed by atoms with Gasteiger partial charge in [-0.25, -0.2) is 4.79 Å². The quantitative estimate of drug-likeness (QED) is 0.628. The van der Waals surface area contributed by atoms with Crippen LogP contribution in [0.2, 0.25) is 0 Å². The molecule has 0 aliphatic heterocycles. The van der Waals surface area contributed by atoms with Gasteiger partial charge in [0.25, 0.3) is 0 Å². The number of ether oxygens (including phenoxy) is 1. The first-order chi connectivity index (χ1) is 11.7. The molecule has 1 aromatic carbocycles. The number of rotatable bonds is 8. The molecule has 140 valence electrons. The summed E-state index contributed by atoms with van der Waals surface area (Å²) in [6.45, 7) is 8.33. The van der Waals surface area contributed by atoms with Crippen molar-refractivity contribution in [2.75, 3.05) is 18.8 Å². The Balaban J connectivity index is 2.37. The van der Waals surface area contributed by atoms with E-state index in [9.17, 15) is 9.59 Å². The van der Waals surface area contributed by atoms with Crippen LogP contribution in [-0.4, -0.2) is 30.7 Å². The summed E-state index contributed by atoms with van der Waals surface area (Å²) in [5.41, 5.74) is 7.09. The number of hydrogen-bond acceptors (Lipinski definition) is 4. The van der Waals surface area contributed by atoms with Gasteiger partial charge in [-0.3, -0.25) is 4.79 Å². The Morgan fingerprint density at radius 2 is 1.80 bits per heavy atom. The van der Waals surface area contributed by atoms with Crippen molar-refractivity contribution in [2.45, 2.75) is 58.5 Å². The summed E-state index contributed by atoms with van der Waals surface area (Å²) in [6, 6.07) is 7.77. The Bertz CT molecular complexity index is 550. The van der Waals surface area contributed by atoms with Crippen molar-refractivity contribution in [1.29, 1.82) is 0 Å². The molecular formula is C19H31N3O3. The number of nitrogens with two attached hydrogens (primary N) is 1. The topological polar surface area (TPSA) is 93.5 Å². The zero-order valence-corrected chi connectivity index (χ0v) is 15.7. The molecule has 0 radical (unpaired) electrons. The van der Waals surface area contributed by atoms with Crippen molar-refractivity contribution in [3.8, 4) is 0 Å². The summed E-state index contributed by atoms with van der Waals surface area (Å²) in [5.74, 6) is 0.168. The molecule has 4 N–H and O–H groups in total. The van der Waals surface area contributed by atoms with E-state index in [0.29, 0.717) is 6.54 Å². The van der Waals surface area contributed by atoms with Gasteiger partial charge in [-0.15, -0.1) is 0 Å². The van der Waals surface area contributed by atoms with Gasteiger partial charge in [-0.1, -0.05) is 25.5 Å². The van der Waals surface area contributed by atoms with Gasteiger partial charge < -0.3 is 21.1 Å². The maximum atomic E-state index is 12.0. The molecule has 6 heteroatoms. The second-order valence-electron chi connectivity index (χ2n) is 7.14. The highest BCUT2D eigenvalue weighted by Gasteiger charge is 2.16. The van der Waals surface area contributed by atoms with Gasteiger partial charge >= 0.3 is 6.09 Å². The molecule has 0 spiro atoms. The molecule has 25 heavy (non-hydrogen) atoms. The Morgan fingerprint density at radius 1 is 1.16 bits per heavy atom. The van der Waals surface area contributed by atoms with Crippen molar-refractivity contribution in [2.24, 2.45) is 0 Å². The van der Waals surface area contributed by atoms with Gasteiger partial charge in [0, 0.05) is 31.1 Å². The number of alkyl carbamates (subject to hydrolysis) is 1. The molecule has 0 saturated carbocycles. The first kappa shape index (κ1) is 20.8. The van der Waals surface area contributed by atoms with Crippen LogP contribution in [0, 0.1) is 0 Å². The predicted octanol–water partition coefficient (Wildman–Crippen LogP) is 3.18. The highest BCUT2D eigenvalue weighted by molar-refractivity contribution is 5.77. The van der Waals surface area contributed by atoms with Crippen LogP contribution in [-0.2, 0) is 9.53 Å². The van der Waals surface area contributed by atoms with Crippen LogP contribution in [0.1, 0.15) is 58.4 Å². The molecule has 0 bridgehead atoms. The predicted molar refractivity (Wildman–Crippen MR) is 100 cm³/mol. The summed E-state index contributed by atoms with van der Waals surface area (Å²) >= 11 is 0. The van der Waals surface area contributed by atoms with Crippen LogP contribution < -0.4 is 16.4 Å². The fraction of sp³-hybridized carbons (Fsp3) is 0.579. The third-order valence-corrected chi connectivity index (χ3v) is 3.61. The fourth-order valence-corrected chi connectivity index (χ4v) is 2.42. The van der Waals surface area contributed by atoms with E-state index in [2.05, 4.69) is 17.6 Å². The van der Waals surface area contributed by atoms with E-state index in [1.165, 1.54) is 5.56 Å². The first-order valence-corrected chi connectivity index (χ1v) is 8.80. The number of hydrogen-bond donors (Lipinski definition) is 3. The molecule has 1 unspecified atom stereocenters. The summed E-state index contributed by atoms with van der Waals surface area (Å²) in [5, 5.41) is 5.53. The highest BCUT2D eigenvalue weighted by Crippen LogP contribution is 2.21. The van der Waals surface area contributed by atoms with Crippen molar-refractivity contribution in [1.82, 2.24) is 10.6 Å². The van der Waals surface area contributed by atoms with Gasteiger partial charge in [0.15, 0.2) is 0 Å². The van der Waals surface area contributed by atoms with E-state index in [-0.39, 0.29) is 24.8 Å². The minimum atomic E-state index is -0.543. The van der Waals surface area contributed by atoms with Crippen molar-refractivity contribution in [3.63, 3.8) is 0 Å². The summed E-state index contributed by atoms with van der Waals surface area (Å²) < 4.78 is 5.13. The van der Waals surface area contributed by atoms with Crippen molar-refractivity contribution < 1.29 is 14.3 Å². The normalized spacial score (nSPS) is 12.3. The number of carbonyl (C=O) groups excluding carboxylic acids is 2. The molecule has 0 saturated heterocycles. The zero-order valence-electron chi connectivity index (χ0n) is 15.7. The second kappa shape index (κ2) is 9.91.